The van der Waals surface area contributed by atoms with Crippen LogP contribution in [0.1, 0.15) is 38.5 Å². The van der Waals surface area contributed by atoms with Gasteiger partial charge in [0.1, 0.15) is 0 Å². The summed E-state index contributed by atoms with van der Waals surface area (Å²) in [5.74, 6) is 0. The fourth-order valence-corrected chi connectivity index (χ4v) is 2.35. The van der Waals surface area contributed by atoms with E-state index in [4.69, 9.17) is 4.74 Å². The van der Waals surface area contributed by atoms with E-state index in [0.717, 1.165) is 19.4 Å². The first-order valence-corrected chi connectivity index (χ1v) is 4.61. The predicted molar refractivity (Wildman–Crippen MR) is 45.5 cm³/mol. The van der Waals surface area contributed by atoms with Gasteiger partial charge in [0.15, 0.2) is 0 Å². The summed E-state index contributed by atoms with van der Waals surface area (Å²) in [6.45, 7) is 4.97. The molecule has 0 bridgehead atoms. The summed E-state index contributed by atoms with van der Waals surface area (Å²) in [4.78, 5) is 0. The fraction of sp³-hybridized carbons (Fsp3) is 0.800. The Hall–Kier alpha value is -0.300. The highest BCUT2D eigenvalue weighted by Gasteiger charge is 2.37. The molecule has 0 amide bonds. The molecule has 11 heavy (non-hydrogen) atoms. The Labute approximate surface area is 68.4 Å². The highest BCUT2D eigenvalue weighted by atomic mass is 16.5. The molecule has 2 fully saturated rings. The Balaban J connectivity index is 2.05. The zero-order valence-electron chi connectivity index (χ0n) is 7.07. The maximum absolute atomic E-state index is 5.84. The average molecular weight is 152 g/mol. The largest absolute Gasteiger partial charge is 0.374 e. The third kappa shape index (κ3) is 1.34. The molecule has 0 atom stereocenters. The smallest absolute Gasteiger partial charge is 0.0719 e. The summed E-state index contributed by atoms with van der Waals surface area (Å²) < 4.78 is 5.84. The molecule has 1 heterocycles. The molecule has 62 valence electrons. The van der Waals surface area contributed by atoms with Crippen LogP contribution in [0.3, 0.4) is 0 Å². The van der Waals surface area contributed by atoms with Crippen molar-refractivity contribution in [3.8, 4) is 0 Å². The van der Waals surface area contributed by atoms with E-state index in [0.29, 0.717) is 0 Å². The van der Waals surface area contributed by atoms with E-state index < -0.39 is 0 Å². The van der Waals surface area contributed by atoms with Crippen molar-refractivity contribution in [2.45, 2.75) is 44.1 Å². The molecule has 0 aromatic rings. The maximum atomic E-state index is 5.84. The second kappa shape index (κ2) is 2.63. The Bertz CT molecular complexity index is 166. The molecular formula is C10H16O. The molecular weight excluding hydrogens is 136 g/mol. The molecule has 1 saturated carbocycles. The van der Waals surface area contributed by atoms with E-state index in [-0.39, 0.29) is 5.60 Å². The normalized spacial score (nSPS) is 29.6. The van der Waals surface area contributed by atoms with Gasteiger partial charge < -0.3 is 4.74 Å². The van der Waals surface area contributed by atoms with Crippen molar-refractivity contribution < 1.29 is 4.74 Å². The summed E-state index contributed by atoms with van der Waals surface area (Å²) in [5, 5.41) is 0. The summed E-state index contributed by atoms with van der Waals surface area (Å²) in [5.41, 5.74) is 1.65. The Kier molecular flexibility index (Phi) is 1.76. The zero-order chi connectivity index (χ0) is 7.73. The molecule has 1 aliphatic carbocycles. The number of hydrogen-bond acceptors (Lipinski definition) is 1. The van der Waals surface area contributed by atoms with Crippen LogP contribution in [-0.4, -0.2) is 12.2 Å². The molecule has 0 radical (unpaired) electrons. The van der Waals surface area contributed by atoms with Crippen LogP contribution in [0.25, 0.3) is 0 Å². The van der Waals surface area contributed by atoms with Crippen LogP contribution < -0.4 is 0 Å². The lowest BCUT2D eigenvalue weighted by molar-refractivity contribution is -0.0556. The summed E-state index contributed by atoms with van der Waals surface area (Å²) in [6, 6.07) is 0. The van der Waals surface area contributed by atoms with Gasteiger partial charge in [0, 0.05) is 0 Å². The van der Waals surface area contributed by atoms with Gasteiger partial charge in [0.05, 0.1) is 12.2 Å². The Morgan fingerprint density at radius 2 is 2.00 bits per heavy atom. The molecule has 1 saturated heterocycles. The van der Waals surface area contributed by atoms with Crippen LogP contribution in [0.15, 0.2) is 12.2 Å². The lowest BCUT2D eigenvalue weighted by atomic mass is 9.89. The first-order chi connectivity index (χ1) is 5.31. The van der Waals surface area contributed by atoms with Gasteiger partial charge in [-0.05, 0) is 25.7 Å². The average Bonchev–Trinajstić information content (AvgIpc) is 2.37. The van der Waals surface area contributed by atoms with Gasteiger partial charge in [-0.15, -0.1) is 0 Å². The number of ether oxygens (including phenoxy) is 1. The van der Waals surface area contributed by atoms with Gasteiger partial charge in [0.2, 0.25) is 0 Å². The first-order valence-electron chi connectivity index (χ1n) is 4.61. The predicted octanol–water partition coefficient (Wildman–Crippen LogP) is 2.67. The minimum atomic E-state index is 0.245. The van der Waals surface area contributed by atoms with E-state index in [1.165, 1.54) is 31.3 Å². The monoisotopic (exact) mass is 152 g/mol. The highest BCUT2D eigenvalue weighted by Crippen LogP contribution is 2.41. The first kappa shape index (κ1) is 7.35. The van der Waals surface area contributed by atoms with Gasteiger partial charge in [-0.1, -0.05) is 25.0 Å². The van der Waals surface area contributed by atoms with Gasteiger partial charge >= 0.3 is 0 Å². The van der Waals surface area contributed by atoms with E-state index in [1.807, 2.05) is 0 Å². The van der Waals surface area contributed by atoms with Crippen molar-refractivity contribution >= 4 is 0 Å². The van der Waals surface area contributed by atoms with Crippen molar-refractivity contribution in [3.05, 3.63) is 12.2 Å². The van der Waals surface area contributed by atoms with Gasteiger partial charge in [-0.25, -0.2) is 0 Å². The van der Waals surface area contributed by atoms with Gasteiger partial charge in [-0.3, -0.25) is 0 Å². The molecule has 1 spiro atoms. The zero-order valence-corrected chi connectivity index (χ0v) is 7.07. The van der Waals surface area contributed by atoms with Crippen molar-refractivity contribution in [1.29, 1.82) is 0 Å². The number of rotatable bonds is 0. The van der Waals surface area contributed by atoms with E-state index in [9.17, 15) is 0 Å². The molecule has 0 unspecified atom stereocenters. The van der Waals surface area contributed by atoms with Crippen molar-refractivity contribution in [2.75, 3.05) is 6.61 Å². The molecule has 0 aromatic carbocycles. The molecule has 0 N–H and O–H groups in total. The van der Waals surface area contributed by atoms with Gasteiger partial charge in [0.25, 0.3) is 0 Å². The second-order valence-electron chi connectivity index (χ2n) is 3.92. The van der Waals surface area contributed by atoms with Crippen LogP contribution in [0.5, 0.6) is 0 Å². The topological polar surface area (TPSA) is 9.23 Å². The number of hydrogen-bond donors (Lipinski definition) is 0. The van der Waals surface area contributed by atoms with Crippen molar-refractivity contribution in [3.63, 3.8) is 0 Å². The van der Waals surface area contributed by atoms with Crippen LogP contribution in [0, 0.1) is 0 Å². The Morgan fingerprint density at radius 3 is 2.64 bits per heavy atom. The van der Waals surface area contributed by atoms with Gasteiger partial charge in [-0.2, -0.15) is 0 Å². The molecule has 1 aliphatic heterocycles. The lowest BCUT2D eigenvalue weighted by Crippen LogP contribution is -2.33. The fourth-order valence-electron chi connectivity index (χ4n) is 2.35. The highest BCUT2D eigenvalue weighted by molar-refractivity contribution is 5.06. The summed E-state index contributed by atoms with van der Waals surface area (Å²) in [6.07, 6.45) is 7.47. The molecule has 0 aromatic heterocycles. The molecule has 1 nitrogen and oxygen atoms in total. The van der Waals surface area contributed by atoms with Crippen molar-refractivity contribution in [1.82, 2.24) is 0 Å². The molecule has 2 rings (SSSR count). The third-order valence-electron chi connectivity index (χ3n) is 2.95. The van der Waals surface area contributed by atoms with E-state index >= 15 is 0 Å². The van der Waals surface area contributed by atoms with Crippen LogP contribution in [0.4, 0.5) is 0 Å². The minimum Gasteiger partial charge on any atom is -0.374 e. The SMILES string of the molecule is C=C1CCOC2(CCCC2)C1. The second-order valence-corrected chi connectivity index (χ2v) is 3.92. The van der Waals surface area contributed by atoms with E-state index in [1.54, 1.807) is 0 Å². The molecule has 1 heteroatoms. The quantitative estimate of drug-likeness (QED) is 0.485. The molecule has 2 aliphatic rings. The Morgan fingerprint density at radius 1 is 1.27 bits per heavy atom. The minimum absolute atomic E-state index is 0.245. The van der Waals surface area contributed by atoms with Crippen molar-refractivity contribution in [2.24, 2.45) is 0 Å². The standard InChI is InChI=1S/C10H16O/c1-9-4-7-11-10(8-9)5-2-3-6-10/h1-8H2. The van der Waals surface area contributed by atoms with Crippen LogP contribution in [0.2, 0.25) is 0 Å². The lowest BCUT2D eigenvalue weighted by Gasteiger charge is -2.34. The maximum Gasteiger partial charge on any atom is 0.0719 e. The summed E-state index contributed by atoms with van der Waals surface area (Å²) in [7, 11) is 0. The van der Waals surface area contributed by atoms with Crippen LogP contribution in [-0.2, 0) is 4.74 Å². The van der Waals surface area contributed by atoms with Crippen LogP contribution >= 0.6 is 0 Å². The summed E-state index contributed by atoms with van der Waals surface area (Å²) >= 11 is 0. The van der Waals surface area contributed by atoms with E-state index in [2.05, 4.69) is 6.58 Å². The third-order valence-corrected chi connectivity index (χ3v) is 2.95.